The summed E-state index contributed by atoms with van der Waals surface area (Å²) in [6.07, 6.45) is 2.55. The third-order valence-corrected chi connectivity index (χ3v) is 4.35. The molecule has 2 N–H and O–H groups in total. The highest BCUT2D eigenvalue weighted by Crippen LogP contribution is 2.21. The molecule has 1 aliphatic rings. The van der Waals surface area contributed by atoms with Crippen molar-refractivity contribution in [1.29, 1.82) is 0 Å². The molecule has 1 fully saturated rings. The van der Waals surface area contributed by atoms with E-state index in [1.165, 1.54) is 25.0 Å². The second-order valence-corrected chi connectivity index (χ2v) is 6.37. The van der Waals surface area contributed by atoms with Crippen LogP contribution in [0, 0.1) is 5.82 Å². The largest absolute Gasteiger partial charge is 0.372 e. The average molecular weight is 355 g/mol. The van der Waals surface area contributed by atoms with Gasteiger partial charge in [-0.3, -0.25) is 9.59 Å². The highest BCUT2D eigenvalue weighted by molar-refractivity contribution is 5.94. The first-order chi connectivity index (χ1) is 12.6. The lowest BCUT2D eigenvalue weighted by molar-refractivity contribution is -0.123. The van der Waals surface area contributed by atoms with Crippen LogP contribution in [-0.4, -0.2) is 31.4 Å². The first-order valence-electron chi connectivity index (χ1n) is 8.76. The number of halogens is 1. The Morgan fingerprint density at radius 3 is 2.23 bits per heavy atom. The van der Waals surface area contributed by atoms with Crippen molar-refractivity contribution in [3.05, 3.63) is 59.9 Å². The third-order valence-electron chi connectivity index (χ3n) is 4.35. The molecule has 1 saturated heterocycles. The van der Waals surface area contributed by atoms with Gasteiger partial charge in [0.05, 0.1) is 13.0 Å². The van der Waals surface area contributed by atoms with Crippen LogP contribution in [0.2, 0.25) is 0 Å². The molecule has 26 heavy (non-hydrogen) atoms. The summed E-state index contributed by atoms with van der Waals surface area (Å²) in [6.45, 7) is 2.05. The SMILES string of the molecule is O=C(Cc1ccc(F)cc1)NCC(=O)Nc1ccc(N2CCCC2)cc1. The lowest BCUT2D eigenvalue weighted by atomic mass is 10.1. The number of hydrogen-bond donors (Lipinski definition) is 2. The van der Waals surface area contributed by atoms with Crippen LogP contribution in [0.3, 0.4) is 0 Å². The summed E-state index contributed by atoms with van der Waals surface area (Å²) in [5.41, 5.74) is 2.56. The molecule has 1 aliphatic heterocycles. The van der Waals surface area contributed by atoms with Crippen molar-refractivity contribution in [2.45, 2.75) is 19.3 Å². The molecule has 136 valence electrons. The third kappa shape index (κ3) is 5.05. The van der Waals surface area contributed by atoms with Gasteiger partial charge in [-0.1, -0.05) is 12.1 Å². The van der Waals surface area contributed by atoms with Crippen molar-refractivity contribution in [2.24, 2.45) is 0 Å². The van der Waals surface area contributed by atoms with Crippen molar-refractivity contribution in [2.75, 3.05) is 29.9 Å². The normalized spacial score (nSPS) is 13.5. The number of amides is 2. The van der Waals surface area contributed by atoms with Crippen LogP contribution in [0.5, 0.6) is 0 Å². The van der Waals surface area contributed by atoms with Crippen molar-refractivity contribution in [3.63, 3.8) is 0 Å². The Hall–Kier alpha value is -2.89. The Labute approximate surface area is 152 Å². The summed E-state index contributed by atoms with van der Waals surface area (Å²) < 4.78 is 12.8. The van der Waals surface area contributed by atoms with Gasteiger partial charge in [0, 0.05) is 24.5 Å². The average Bonchev–Trinajstić information content (AvgIpc) is 3.17. The quantitative estimate of drug-likeness (QED) is 0.838. The van der Waals surface area contributed by atoms with Gasteiger partial charge < -0.3 is 15.5 Å². The fraction of sp³-hybridized carbons (Fsp3) is 0.300. The van der Waals surface area contributed by atoms with E-state index in [4.69, 9.17) is 0 Å². The minimum atomic E-state index is -0.343. The Balaban J connectivity index is 1.43. The van der Waals surface area contributed by atoms with Crippen LogP contribution < -0.4 is 15.5 Å². The molecular formula is C20H22FN3O2. The van der Waals surface area contributed by atoms with E-state index in [9.17, 15) is 14.0 Å². The minimum Gasteiger partial charge on any atom is -0.372 e. The van der Waals surface area contributed by atoms with E-state index in [0.717, 1.165) is 18.8 Å². The predicted molar refractivity (Wildman–Crippen MR) is 99.6 cm³/mol. The molecule has 0 aromatic heterocycles. The highest BCUT2D eigenvalue weighted by atomic mass is 19.1. The molecule has 0 unspecified atom stereocenters. The number of carbonyl (C=O) groups excluding carboxylic acids is 2. The predicted octanol–water partition coefficient (Wildman–Crippen LogP) is 2.72. The topological polar surface area (TPSA) is 61.4 Å². The number of hydrogen-bond acceptors (Lipinski definition) is 3. The zero-order valence-electron chi connectivity index (χ0n) is 14.5. The first kappa shape index (κ1) is 17.9. The van der Waals surface area contributed by atoms with Crippen molar-refractivity contribution < 1.29 is 14.0 Å². The molecule has 0 saturated carbocycles. The summed E-state index contributed by atoms with van der Waals surface area (Å²) in [5.74, 6) is -0.910. The van der Waals surface area contributed by atoms with Gasteiger partial charge in [0.15, 0.2) is 0 Å². The van der Waals surface area contributed by atoms with Crippen molar-refractivity contribution >= 4 is 23.2 Å². The second kappa shape index (κ2) is 8.47. The van der Waals surface area contributed by atoms with Gasteiger partial charge in [-0.25, -0.2) is 4.39 Å². The standard InChI is InChI=1S/C20H22FN3O2/c21-16-5-3-15(4-6-16)13-19(25)22-14-20(26)23-17-7-9-18(10-8-17)24-11-1-2-12-24/h3-10H,1-2,11-14H2,(H,22,25)(H,23,26). The number of nitrogens with zero attached hydrogens (tertiary/aromatic N) is 1. The van der Waals surface area contributed by atoms with E-state index in [1.54, 1.807) is 12.1 Å². The van der Waals surface area contributed by atoms with Gasteiger partial charge in [0.2, 0.25) is 11.8 Å². The number of nitrogens with one attached hydrogen (secondary N) is 2. The summed E-state index contributed by atoms with van der Waals surface area (Å²) >= 11 is 0. The first-order valence-corrected chi connectivity index (χ1v) is 8.76. The van der Waals surface area contributed by atoms with Crippen LogP contribution in [0.25, 0.3) is 0 Å². The van der Waals surface area contributed by atoms with Gasteiger partial charge in [0.1, 0.15) is 5.82 Å². The molecule has 2 aromatic carbocycles. The number of rotatable bonds is 6. The van der Waals surface area contributed by atoms with E-state index in [1.807, 2.05) is 24.3 Å². The van der Waals surface area contributed by atoms with E-state index in [-0.39, 0.29) is 30.6 Å². The van der Waals surface area contributed by atoms with Crippen LogP contribution in [0.15, 0.2) is 48.5 Å². The van der Waals surface area contributed by atoms with Crippen LogP contribution >= 0.6 is 0 Å². The fourth-order valence-corrected chi connectivity index (χ4v) is 2.97. The summed E-state index contributed by atoms with van der Waals surface area (Å²) in [6, 6.07) is 13.4. The smallest absolute Gasteiger partial charge is 0.243 e. The molecule has 0 bridgehead atoms. The molecular weight excluding hydrogens is 333 g/mol. The summed E-state index contributed by atoms with van der Waals surface area (Å²) in [4.78, 5) is 26.1. The van der Waals surface area contributed by atoms with Gasteiger partial charge in [-0.15, -0.1) is 0 Å². The molecule has 5 nitrogen and oxygen atoms in total. The molecule has 2 amide bonds. The van der Waals surface area contributed by atoms with Crippen LogP contribution in [-0.2, 0) is 16.0 Å². The van der Waals surface area contributed by atoms with Crippen LogP contribution in [0.4, 0.5) is 15.8 Å². The molecule has 0 aliphatic carbocycles. The Morgan fingerprint density at radius 1 is 0.923 bits per heavy atom. The molecule has 0 spiro atoms. The van der Waals surface area contributed by atoms with E-state index in [2.05, 4.69) is 15.5 Å². The van der Waals surface area contributed by atoms with Gasteiger partial charge >= 0.3 is 0 Å². The number of carbonyl (C=O) groups is 2. The Morgan fingerprint density at radius 2 is 1.58 bits per heavy atom. The highest BCUT2D eigenvalue weighted by Gasteiger charge is 2.12. The van der Waals surface area contributed by atoms with Gasteiger partial charge in [-0.05, 0) is 54.8 Å². The summed E-state index contributed by atoms with van der Waals surface area (Å²) in [7, 11) is 0. The second-order valence-electron chi connectivity index (χ2n) is 6.37. The lowest BCUT2D eigenvalue weighted by Gasteiger charge is -2.17. The van der Waals surface area contributed by atoms with Crippen LogP contribution in [0.1, 0.15) is 18.4 Å². The van der Waals surface area contributed by atoms with E-state index in [0.29, 0.717) is 11.3 Å². The molecule has 2 aromatic rings. The van der Waals surface area contributed by atoms with Gasteiger partial charge in [0.25, 0.3) is 0 Å². The van der Waals surface area contributed by atoms with E-state index < -0.39 is 0 Å². The molecule has 0 atom stereocenters. The maximum Gasteiger partial charge on any atom is 0.243 e. The number of anilines is 2. The molecule has 6 heteroatoms. The molecule has 3 rings (SSSR count). The van der Waals surface area contributed by atoms with Crippen molar-refractivity contribution in [1.82, 2.24) is 5.32 Å². The monoisotopic (exact) mass is 355 g/mol. The minimum absolute atomic E-state index is 0.103. The maximum absolute atomic E-state index is 12.8. The Bertz CT molecular complexity index is 754. The molecule has 1 heterocycles. The maximum atomic E-state index is 12.8. The van der Waals surface area contributed by atoms with Gasteiger partial charge in [-0.2, -0.15) is 0 Å². The zero-order valence-corrected chi connectivity index (χ0v) is 14.5. The summed E-state index contributed by atoms with van der Waals surface area (Å²) in [5, 5.41) is 5.33. The van der Waals surface area contributed by atoms with E-state index >= 15 is 0 Å². The molecule has 0 radical (unpaired) electrons. The number of benzene rings is 2. The van der Waals surface area contributed by atoms with Crippen molar-refractivity contribution in [3.8, 4) is 0 Å². The zero-order chi connectivity index (χ0) is 18.4. The Kier molecular flexibility index (Phi) is 5.84. The fourth-order valence-electron chi connectivity index (χ4n) is 2.97. The lowest BCUT2D eigenvalue weighted by Crippen LogP contribution is -2.33.